The fraction of sp³-hybridized carbons (Fsp3) is 0.462. The second kappa shape index (κ2) is 11.2. The summed E-state index contributed by atoms with van der Waals surface area (Å²) in [4.78, 5) is 26.4. The van der Waals surface area contributed by atoms with Crippen LogP contribution in [0.3, 0.4) is 0 Å². The summed E-state index contributed by atoms with van der Waals surface area (Å²) in [7, 11) is -1.35. The van der Waals surface area contributed by atoms with Crippen LogP contribution in [0.4, 0.5) is 0 Å². The molecule has 0 saturated carbocycles. The third-order valence-corrected chi connectivity index (χ3v) is 8.43. The van der Waals surface area contributed by atoms with E-state index in [1.807, 2.05) is 24.3 Å². The van der Waals surface area contributed by atoms with Gasteiger partial charge in [-0.3, -0.25) is 14.8 Å². The number of amides is 2. The van der Waals surface area contributed by atoms with Crippen molar-refractivity contribution in [3.8, 4) is 5.75 Å². The topological polar surface area (TPSA) is 119 Å². The Morgan fingerprint density at radius 2 is 1.79 bits per heavy atom. The van der Waals surface area contributed by atoms with Gasteiger partial charge in [0.1, 0.15) is 5.75 Å². The lowest BCUT2D eigenvalue weighted by Crippen LogP contribution is -2.45. The van der Waals surface area contributed by atoms with E-state index in [1.54, 1.807) is 29.7 Å². The van der Waals surface area contributed by atoms with Crippen LogP contribution in [0.1, 0.15) is 35.6 Å². The largest absolute Gasteiger partial charge is 0.508 e. The first-order valence-corrected chi connectivity index (χ1v) is 15.6. The first-order valence-electron chi connectivity index (χ1n) is 11.9. The van der Waals surface area contributed by atoms with Crippen molar-refractivity contribution in [2.24, 2.45) is 11.8 Å². The summed E-state index contributed by atoms with van der Waals surface area (Å²) in [6.07, 6.45) is 1.15. The van der Waals surface area contributed by atoms with Crippen molar-refractivity contribution in [1.82, 2.24) is 10.8 Å². The zero-order valence-electron chi connectivity index (χ0n) is 20.1. The monoisotopic (exact) mass is 484 g/mol. The quantitative estimate of drug-likeness (QED) is 0.201. The van der Waals surface area contributed by atoms with Gasteiger partial charge in [0.25, 0.3) is 0 Å². The molecule has 3 rings (SSSR count). The smallest absolute Gasteiger partial charge is 0.247 e. The van der Waals surface area contributed by atoms with Crippen LogP contribution in [-0.2, 0) is 22.4 Å². The molecule has 0 heterocycles. The highest BCUT2D eigenvalue weighted by Crippen LogP contribution is 2.33. The molecule has 2 aromatic rings. The van der Waals surface area contributed by atoms with Crippen LogP contribution in [0.15, 0.2) is 48.5 Å². The second-order valence-corrected chi connectivity index (χ2v) is 16.1. The molecule has 34 heavy (non-hydrogen) atoms. The van der Waals surface area contributed by atoms with E-state index in [0.29, 0.717) is 18.4 Å². The molecule has 0 fully saturated rings. The van der Waals surface area contributed by atoms with Gasteiger partial charge in [-0.05, 0) is 41.7 Å². The molecule has 1 aliphatic carbocycles. The number of nitrogens with one attached hydrogen (secondary N) is 2. The van der Waals surface area contributed by atoms with Gasteiger partial charge in [0.05, 0.1) is 24.0 Å². The summed E-state index contributed by atoms with van der Waals surface area (Å²) in [5, 5.41) is 33.0. The summed E-state index contributed by atoms with van der Waals surface area (Å²) in [5.41, 5.74) is 4.34. The van der Waals surface area contributed by atoms with Crippen LogP contribution in [0.25, 0.3) is 0 Å². The average molecular weight is 485 g/mol. The van der Waals surface area contributed by atoms with Crippen LogP contribution >= 0.6 is 0 Å². The number of hydrogen-bond donors (Lipinski definition) is 5. The molecule has 2 aromatic carbocycles. The van der Waals surface area contributed by atoms with E-state index in [9.17, 15) is 25.0 Å². The van der Waals surface area contributed by atoms with Crippen LogP contribution in [0.5, 0.6) is 5.75 Å². The normalized spacial score (nSPS) is 19.2. The van der Waals surface area contributed by atoms with Crippen LogP contribution in [0.2, 0.25) is 25.7 Å². The molecule has 2 amide bonds. The molecule has 0 saturated heterocycles. The maximum absolute atomic E-state index is 13.6. The Balaban J connectivity index is 1.88. The van der Waals surface area contributed by atoms with E-state index in [2.05, 4.69) is 25.0 Å². The third-order valence-electron chi connectivity index (χ3n) is 6.58. The summed E-state index contributed by atoms with van der Waals surface area (Å²) < 4.78 is 0. The van der Waals surface area contributed by atoms with Gasteiger partial charge in [-0.1, -0.05) is 68.5 Å². The number of benzene rings is 2. The van der Waals surface area contributed by atoms with Gasteiger partial charge in [-0.25, -0.2) is 5.48 Å². The van der Waals surface area contributed by atoms with Gasteiger partial charge < -0.3 is 15.5 Å². The number of carbonyl (C=O) groups is 2. The van der Waals surface area contributed by atoms with Gasteiger partial charge in [0.2, 0.25) is 11.8 Å². The van der Waals surface area contributed by atoms with E-state index in [0.717, 1.165) is 23.6 Å². The van der Waals surface area contributed by atoms with Crippen molar-refractivity contribution in [3.05, 3.63) is 65.2 Å². The van der Waals surface area contributed by atoms with Crippen molar-refractivity contribution in [3.63, 3.8) is 0 Å². The van der Waals surface area contributed by atoms with E-state index < -0.39 is 38.0 Å². The number of carbonyl (C=O) groups excluding carboxylic acids is 2. The van der Waals surface area contributed by atoms with Crippen molar-refractivity contribution < 1.29 is 25.0 Å². The van der Waals surface area contributed by atoms with Crippen LogP contribution in [-0.4, -0.2) is 41.4 Å². The Labute approximate surface area is 202 Å². The van der Waals surface area contributed by atoms with Crippen molar-refractivity contribution in [2.75, 3.05) is 0 Å². The molecule has 7 nitrogen and oxygen atoms in total. The highest BCUT2D eigenvalue weighted by Gasteiger charge is 2.38. The molecule has 184 valence electrons. The second-order valence-electron chi connectivity index (χ2n) is 10.5. The van der Waals surface area contributed by atoms with Gasteiger partial charge in [0, 0.05) is 14.5 Å². The molecule has 0 aliphatic heterocycles. The maximum Gasteiger partial charge on any atom is 0.247 e. The zero-order valence-corrected chi connectivity index (χ0v) is 21.1. The molecule has 5 N–H and O–H groups in total. The van der Waals surface area contributed by atoms with Gasteiger partial charge in [-0.2, -0.15) is 0 Å². The molecule has 0 radical (unpaired) electrons. The van der Waals surface area contributed by atoms with Gasteiger partial charge in [-0.15, -0.1) is 0 Å². The standard InChI is InChI=1S/C26H36N2O5Si/c1-34(2,3)13-7-12-21(26(32)28-33)22(15-17-8-6-10-19(29)14-17)25(31)27-24-20-11-5-4-9-18(20)16-23(24)30/h4-6,8-11,14,21-24,29-30,33H,7,12-13,15-16H2,1-3H3,(H,27,31)(H,28,32)/t21-,22+,23+,24-/m0/s1. The van der Waals surface area contributed by atoms with Crippen LogP contribution < -0.4 is 10.8 Å². The Morgan fingerprint density at radius 1 is 1.06 bits per heavy atom. The van der Waals surface area contributed by atoms with Gasteiger partial charge in [0.15, 0.2) is 0 Å². The molecule has 0 spiro atoms. The number of hydroxylamine groups is 1. The minimum atomic E-state index is -1.35. The number of phenolic OH excluding ortho intramolecular Hbond substituents is 1. The Hall–Kier alpha value is -2.68. The van der Waals surface area contributed by atoms with Crippen molar-refractivity contribution in [1.29, 1.82) is 0 Å². The number of aliphatic hydroxyl groups is 1. The number of fused-ring (bicyclic) bond motifs is 1. The number of phenols is 1. The number of rotatable bonds is 10. The Kier molecular flexibility index (Phi) is 8.51. The lowest BCUT2D eigenvalue weighted by molar-refractivity contribution is -0.141. The van der Waals surface area contributed by atoms with E-state index in [-0.39, 0.29) is 18.1 Å². The predicted molar refractivity (Wildman–Crippen MR) is 133 cm³/mol. The summed E-state index contributed by atoms with van der Waals surface area (Å²) in [5.74, 6) is -2.40. The van der Waals surface area contributed by atoms with Gasteiger partial charge >= 0.3 is 0 Å². The summed E-state index contributed by atoms with van der Waals surface area (Å²) in [6, 6.07) is 14.7. The highest BCUT2D eigenvalue weighted by molar-refractivity contribution is 6.76. The molecule has 0 aromatic heterocycles. The fourth-order valence-electron chi connectivity index (χ4n) is 4.81. The summed E-state index contributed by atoms with van der Waals surface area (Å²) in [6.45, 7) is 6.76. The van der Waals surface area contributed by atoms with Crippen molar-refractivity contribution >= 4 is 19.9 Å². The molecular weight excluding hydrogens is 448 g/mol. The fourth-order valence-corrected chi connectivity index (χ4v) is 6.08. The average Bonchev–Trinajstić information content (AvgIpc) is 3.09. The SMILES string of the molecule is C[Si](C)(C)CCC[C@H](C(=O)NO)[C@@H](Cc1cccc(O)c1)C(=O)N[C@H]1c2ccccc2C[C@H]1O. The first-order chi connectivity index (χ1) is 16.1. The van der Waals surface area contributed by atoms with Crippen LogP contribution in [0, 0.1) is 11.8 Å². The zero-order chi connectivity index (χ0) is 24.9. The number of aliphatic hydroxyl groups excluding tert-OH is 1. The number of hydrogen-bond acceptors (Lipinski definition) is 5. The molecular formula is C26H36N2O5Si. The lowest BCUT2D eigenvalue weighted by Gasteiger charge is -2.28. The van der Waals surface area contributed by atoms with Crippen molar-refractivity contribution in [2.45, 2.75) is 63.5 Å². The molecule has 0 bridgehead atoms. The highest BCUT2D eigenvalue weighted by atomic mass is 28.3. The lowest BCUT2D eigenvalue weighted by atomic mass is 9.82. The Bertz CT molecular complexity index is 1010. The summed E-state index contributed by atoms with van der Waals surface area (Å²) >= 11 is 0. The first kappa shape index (κ1) is 25.9. The molecule has 8 heteroatoms. The molecule has 0 unspecified atom stereocenters. The van der Waals surface area contributed by atoms with E-state index in [4.69, 9.17) is 0 Å². The predicted octanol–water partition coefficient (Wildman–Crippen LogP) is 3.57. The molecule has 4 atom stereocenters. The third kappa shape index (κ3) is 6.68. The minimum absolute atomic E-state index is 0.0821. The number of aromatic hydroxyl groups is 1. The minimum Gasteiger partial charge on any atom is -0.508 e. The Morgan fingerprint density at radius 3 is 2.47 bits per heavy atom. The molecule has 1 aliphatic rings. The van der Waals surface area contributed by atoms with E-state index in [1.165, 1.54) is 0 Å². The maximum atomic E-state index is 13.6. The van der Waals surface area contributed by atoms with E-state index >= 15 is 0 Å².